The lowest BCUT2D eigenvalue weighted by atomic mass is 9.99. The molecule has 0 aliphatic carbocycles. The van der Waals surface area contributed by atoms with Gasteiger partial charge in [0.1, 0.15) is 0 Å². The molecular formula is C9H7F3N2O2. The minimum atomic E-state index is -4.87. The highest BCUT2D eigenvalue weighted by molar-refractivity contribution is 6.01. The van der Waals surface area contributed by atoms with E-state index in [-0.39, 0.29) is 0 Å². The molecule has 0 heterocycles. The lowest BCUT2D eigenvalue weighted by Gasteiger charge is -2.13. The maximum atomic E-state index is 12.6. The molecular weight excluding hydrogens is 225 g/mol. The Bertz CT molecular complexity index is 422. The Balaban J connectivity index is 3.60. The summed E-state index contributed by atoms with van der Waals surface area (Å²) in [5.41, 5.74) is 6.64. The van der Waals surface area contributed by atoms with E-state index in [9.17, 15) is 22.8 Å². The van der Waals surface area contributed by atoms with Gasteiger partial charge in [0.2, 0.25) is 11.8 Å². The topological polar surface area (TPSA) is 86.2 Å². The Morgan fingerprint density at radius 2 is 1.38 bits per heavy atom. The molecule has 0 saturated carbocycles. The van der Waals surface area contributed by atoms with Crippen LogP contribution in [0.5, 0.6) is 0 Å². The van der Waals surface area contributed by atoms with Crippen LogP contribution >= 0.6 is 0 Å². The number of carbonyl (C=O) groups is 2. The largest absolute Gasteiger partial charge is 0.417 e. The van der Waals surface area contributed by atoms with Crippen molar-refractivity contribution in [1.29, 1.82) is 0 Å². The highest BCUT2D eigenvalue weighted by atomic mass is 19.4. The van der Waals surface area contributed by atoms with Crippen molar-refractivity contribution in [1.82, 2.24) is 0 Å². The lowest BCUT2D eigenvalue weighted by molar-refractivity contribution is -0.138. The second kappa shape index (κ2) is 3.84. The molecule has 0 spiro atoms. The van der Waals surface area contributed by atoms with Crippen LogP contribution in [0.15, 0.2) is 18.2 Å². The number of primary amides is 2. The molecule has 0 aliphatic heterocycles. The van der Waals surface area contributed by atoms with Gasteiger partial charge in [-0.25, -0.2) is 0 Å². The summed E-state index contributed by atoms with van der Waals surface area (Å²) in [4.78, 5) is 21.6. The average molecular weight is 232 g/mol. The average Bonchev–Trinajstić information content (AvgIpc) is 2.15. The van der Waals surface area contributed by atoms with E-state index < -0.39 is 34.7 Å². The lowest BCUT2D eigenvalue weighted by Crippen LogP contribution is -2.24. The van der Waals surface area contributed by atoms with Gasteiger partial charge in [-0.2, -0.15) is 13.2 Å². The molecule has 0 fully saturated rings. The molecule has 0 saturated heterocycles. The van der Waals surface area contributed by atoms with Crippen LogP contribution in [0.1, 0.15) is 26.3 Å². The molecule has 0 atom stereocenters. The maximum Gasteiger partial charge on any atom is 0.417 e. The number of rotatable bonds is 2. The van der Waals surface area contributed by atoms with Crippen molar-refractivity contribution in [3.05, 3.63) is 34.9 Å². The van der Waals surface area contributed by atoms with E-state index in [4.69, 9.17) is 11.5 Å². The molecule has 0 aliphatic rings. The zero-order valence-corrected chi connectivity index (χ0v) is 7.84. The fraction of sp³-hybridized carbons (Fsp3) is 0.111. The van der Waals surface area contributed by atoms with Gasteiger partial charge in [0, 0.05) is 0 Å². The van der Waals surface area contributed by atoms with Gasteiger partial charge in [-0.05, 0) is 12.1 Å². The number of hydrogen-bond donors (Lipinski definition) is 2. The Morgan fingerprint density at radius 1 is 1.00 bits per heavy atom. The van der Waals surface area contributed by atoms with Gasteiger partial charge in [-0.3, -0.25) is 9.59 Å². The van der Waals surface area contributed by atoms with Crippen molar-refractivity contribution in [2.75, 3.05) is 0 Å². The molecule has 1 aromatic rings. The van der Waals surface area contributed by atoms with E-state index in [1.54, 1.807) is 0 Å². The number of amides is 2. The molecule has 4 nitrogen and oxygen atoms in total. The van der Waals surface area contributed by atoms with E-state index in [2.05, 4.69) is 0 Å². The summed E-state index contributed by atoms with van der Waals surface area (Å²) in [5, 5.41) is 0. The first-order chi connectivity index (χ1) is 7.25. The monoisotopic (exact) mass is 232 g/mol. The second-order valence-electron chi connectivity index (χ2n) is 2.95. The van der Waals surface area contributed by atoms with Gasteiger partial charge in [0.25, 0.3) is 0 Å². The number of nitrogens with two attached hydrogens (primary N) is 2. The highest BCUT2D eigenvalue weighted by Gasteiger charge is 2.38. The minimum absolute atomic E-state index is 0.774. The van der Waals surface area contributed by atoms with E-state index in [1.807, 2.05) is 0 Å². The van der Waals surface area contributed by atoms with Gasteiger partial charge in [0.15, 0.2) is 0 Å². The fourth-order valence-electron chi connectivity index (χ4n) is 1.27. The van der Waals surface area contributed by atoms with Gasteiger partial charge in [0.05, 0.1) is 16.7 Å². The normalized spacial score (nSPS) is 11.2. The van der Waals surface area contributed by atoms with Crippen molar-refractivity contribution in [3.63, 3.8) is 0 Å². The number of carbonyl (C=O) groups excluding carboxylic acids is 2. The van der Waals surface area contributed by atoms with Crippen LogP contribution in [0, 0.1) is 0 Å². The molecule has 7 heteroatoms. The van der Waals surface area contributed by atoms with Gasteiger partial charge in [-0.15, -0.1) is 0 Å². The summed E-state index contributed by atoms with van der Waals surface area (Å²) in [6.07, 6.45) is -4.87. The smallest absolute Gasteiger partial charge is 0.366 e. The third-order valence-electron chi connectivity index (χ3n) is 1.88. The van der Waals surface area contributed by atoms with Crippen LogP contribution in [-0.4, -0.2) is 11.8 Å². The van der Waals surface area contributed by atoms with Crippen molar-refractivity contribution >= 4 is 11.8 Å². The molecule has 4 N–H and O–H groups in total. The SMILES string of the molecule is NC(=O)c1cccc(C(N)=O)c1C(F)(F)F. The first-order valence-corrected chi connectivity index (χ1v) is 4.05. The summed E-state index contributed by atoms with van der Waals surface area (Å²) < 4.78 is 37.8. The first-order valence-electron chi connectivity index (χ1n) is 4.05. The van der Waals surface area contributed by atoms with Crippen LogP contribution in [0.2, 0.25) is 0 Å². The highest BCUT2D eigenvalue weighted by Crippen LogP contribution is 2.34. The molecule has 0 aromatic heterocycles. The number of halogens is 3. The van der Waals surface area contributed by atoms with E-state index in [0.29, 0.717) is 0 Å². The standard InChI is InChI=1S/C9H7F3N2O2/c10-9(11,12)6-4(7(13)15)2-1-3-5(6)8(14)16/h1-3H,(H2,13,15)(H2,14,16). The molecule has 1 rings (SSSR count). The van der Waals surface area contributed by atoms with Crippen molar-refractivity contribution < 1.29 is 22.8 Å². The molecule has 2 amide bonds. The summed E-state index contributed by atoms with van der Waals surface area (Å²) in [6.45, 7) is 0. The zero-order valence-electron chi connectivity index (χ0n) is 7.84. The Morgan fingerprint density at radius 3 is 1.62 bits per heavy atom. The van der Waals surface area contributed by atoms with E-state index in [0.717, 1.165) is 18.2 Å². The predicted octanol–water partition coefficient (Wildman–Crippen LogP) is 0.903. The Kier molecular flexibility index (Phi) is 2.88. The summed E-state index contributed by atoms with van der Waals surface area (Å²) in [6, 6.07) is 2.88. The molecule has 1 aromatic carbocycles. The number of benzene rings is 1. The summed E-state index contributed by atoms with van der Waals surface area (Å²) >= 11 is 0. The van der Waals surface area contributed by atoms with Crippen molar-refractivity contribution in [2.45, 2.75) is 6.18 Å². The van der Waals surface area contributed by atoms with Gasteiger partial charge in [-0.1, -0.05) is 6.07 Å². The number of hydrogen-bond acceptors (Lipinski definition) is 2. The molecule has 86 valence electrons. The second-order valence-corrected chi connectivity index (χ2v) is 2.95. The van der Waals surface area contributed by atoms with Crippen LogP contribution in [-0.2, 0) is 6.18 Å². The number of alkyl halides is 3. The fourth-order valence-corrected chi connectivity index (χ4v) is 1.27. The van der Waals surface area contributed by atoms with Crippen LogP contribution < -0.4 is 11.5 Å². The third kappa shape index (κ3) is 2.13. The third-order valence-corrected chi connectivity index (χ3v) is 1.88. The van der Waals surface area contributed by atoms with Crippen LogP contribution in [0.25, 0.3) is 0 Å². The molecule has 0 unspecified atom stereocenters. The van der Waals surface area contributed by atoms with Crippen molar-refractivity contribution in [3.8, 4) is 0 Å². The summed E-state index contributed by atoms with van der Waals surface area (Å²) in [5.74, 6) is -2.54. The molecule has 16 heavy (non-hydrogen) atoms. The molecule has 0 radical (unpaired) electrons. The first kappa shape index (κ1) is 12.0. The van der Waals surface area contributed by atoms with Gasteiger partial charge >= 0.3 is 6.18 Å². The van der Waals surface area contributed by atoms with Crippen LogP contribution in [0.4, 0.5) is 13.2 Å². The quantitative estimate of drug-likeness (QED) is 0.793. The molecule has 0 bridgehead atoms. The van der Waals surface area contributed by atoms with Gasteiger partial charge < -0.3 is 11.5 Å². The van der Waals surface area contributed by atoms with E-state index >= 15 is 0 Å². The Labute approximate surface area is 88.0 Å². The minimum Gasteiger partial charge on any atom is -0.366 e. The van der Waals surface area contributed by atoms with E-state index in [1.165, 1.54) is 0 Å². The maximum absolute atomic E-state index is 12.6. The predicted molar refractivity (Wildman–Crippen MR) is 48.5 cm³/mol. The Hall–Kier alpha value is -2.05. The zero-order chi connectivity index (χ0) is 12.5. The summed E-state index contributed by atoms with van der Waals surface area (Å²) in [7, 11) is 0. The van der Waals surface area contributed by atoms with Crippen LogP contribution in [0.3, 0.4) is 0 Å². The van der Waals surface area contributed by atoms with Crippen molar-refractivity contribution in [2.24, 2.45) is 11.5 Å².